The molecule has 0 saturated carbocycles. The Kier molecular flexibility index (Phi) is 4.89. The van der Waals surface area contributed by atoms with E-state index in [-0.39, 0.29) is 17.8 Å². The van der Waals surface area contributed by atoms with Gasteiger partial charge in [-0.05, 0) is 29.5 Å². The summed E-state index contributed by atoms with van der Waals surface area (Å²) in [4.78, 5) is 26.7. The van der Waals surface area contributed by atoms with Crippen molar-refractivity contribution in [1.29, 1.82) is 0 Å². The highest BCUT2D eigenvalue weighted by Crippen LogP contribution is 2.28. The number of nitro groups is 1. The van der Waals surface area contributed by atoms with Crippen LogP contribution < -0.4 is 10.9 Å². The molecule has 21 heavy (non-hydrogen) atoms. The first kappa shape index (κ1) is 15.4. The fraction of sp³-hybridized carbons (Fsp3) is 0.231. The molecule has 0 unspecified atom stereocenters. The Morgan fingerprint density at radius 1 is 1.48 bits per heavy atom. The highest BCUT2D eigenvalue weighted by Gasteiger charge is 2.17. The van der Waals surface area contributed by atoms with E-state index in [1.165, 1.54) is 23.2 Å². The predicted octanol–water partition coefficient (Wildman–Crippen LogP) is 2.24. The standard InChI is InChI=1S/C13H13IN4O3/c1-2-16-12-9(4-3-5-11(12)18(20)21)7-17-8-15-6-10(14)13(17)19/h3-6,8,16H,2,7H2,1H3. The van der Waals surface area contributed by atoms with Crippen LogP contribution in [0.25, 0.3) is 0 Å². The van der Waals surface area contributed by atoms with Gasteiger partial charge in [0.05, 0.1) is 21.4 Å². The predicted molar refractivity (Wildman–Crippen MR) is 87.6 cm³/mol. The lowest BCUT2D eigenvalue weighted by atomic mass is 10.1. The summed E-state index contributed by atoms with van der Waals surface area (Å²) in [6.45, 7) is 2.64. The van der Waals surface area contributed by atoms with Gasteiger partial charge >= 0.3 is 0 Å². The van der Waals surface area contributed by atoms with Gasteiger partial charge in [-0.15, -0.1) is 0 Å². The van der Waals surface area contributed by atoms with Gasteiger partial charge in [0.15, 0.2) is 0 Å². The molecule has 1 aromatic carbocycles. The lowest BCUT2D eigenvalue weighted by molar-refractivity contribution is -0.384. The van der Waals surface area contributed by atoms with Crippen molar-refractivity contribution < 1.29 is 4.92 Å². The number of nitrogens with zero attached hydrogens (tertiary/aromatic N) is 3. The SMILES string of the molecule is CCNc1c(Cn2cncc(I)c2=O)cccc1[N+](=O)[O-]. The first-order valence-electron chi connectivity index (χ1n) is 6.24. The van der Waals surface area contributed by atoms with Crippen LogP contribution in [-0.2, 0) is 6.54 Å². The van der Waals surface area contributed by atoms with Crippen LogP contribution in [0.2, 0.25) is 0 Å². The van der Waals surface area contributed by atoms with Crippen LogP contribution >= 0.6 is 22.6 Å². The highest BCUT2D eigenvalue weighted by molar-refractivity contribution is 14.1. The van der Waals surface area contributed by atoms with Crippen LogP contribution in [0, 0.1) is 13.7 Å². The van der Waals surface area contributed by atoms with E-state index in [0.717, 1.165) is 0 Å². The third-order valence-corrected chi connectivity index (χ3v) is 3.62. The van der Waals surface area contributed by atoms with E-state index in [9.17, 15) is 14.9 Å². The fourth-order valence-corrected chi connectivity index (χ4v) is 2.44. The molecule has 0 atom stereocenters. The van der Waals surface area contributed by atoms with Gasteiger partial charge in [-0.3, -0.25) is 19.5 Å². The van der Waals surface area contributed by atoms with Gasteiger partial charge in [0.1, 0.15) is 5.69 Å². The van der Waals surface area contributed by atoms with Crippen molar-refractivity contribution in [1.82, 2.24) is 9.55 Å². The minimum absolute atomic E-state index is 0.000913. The molecule has 0 aliphatic heterocycles. The monoisotopic (exact) mass is 400 g/mol. The van der Waals surface area contributed by atoms with E-state index in [1.54, 1.807) is 12.1 Å². The molecule has 0 saturated heterocycles. The van der Waals surface area contributed by atoms with E-state index < -0.39 is 4.92 Å². The van der Waals surface area contributed by atoms with Gasteiger partial charge in [0.2, 0.25) is 0 Å². The molecule has 0 aliphatic carbocycles. The molecule has 0 aliphatic rings. The fourth-order valence-electron chi connectivity index (χ4n) is 1.97. The van der Waals surface area contributed by atoms with Crippen LogP contribution in [0.4, 0.5) is 11.4 Å². The van der Waals surface area contributed by atoms with Gasteiger partial charge in [-0.2, -0.15) is 0 Å². The number of aromatic nitrogens is 2. The van der Waals surface area contributed by atoms with E-state index in [1.807, 2.05) is 29.5 Å². The van der Waals surface area contributed by atoms with Gasteiger partial charge in [0, 0.05) is 24.4 Å². The van der Waals surface area contributed by atoms with Crippen molar-refractivity contribution in [3.05, 3.63) is 60.3 Å². The molecule has 1 N–H and O–H groups in total. The summed E-state index contributed by atoms with van der Waals surface area (Å²) in [6, 6.07) is 4.81. The number of nitrogens with one attached hydrogen (secondary N) is 1. The van der Waals surface area contributed by atoms with Gasteiger partial charge in [-0.1, -0.05) is 12.1 Å². The van der Waals surface area contributed by atoms with Gasteiger partial charge in [-0.25, -0.2) is 4.98 Å². The smallest absolute Gasteiger partial charge is 0.292 e. The lowest BCUT2D eigenvalue weighted by Crippen LogP contribution is -2.23. The van der Waals surface area contributed by atoms with E-state index >= 15 is 0 Å². The summed E-state index contributed by atoms with van der Waals surface area (Å²) in [6.07, 6.45) is 2.91. The summed E-state index contributed by atoms with van der Waals surface area (Å²) in [5.41, 5.74) is 0.952. The average molecular weight is 400 g/mol. The van der Waals surface area contributed by atoms with Crippen molar-refractivity contribution >= 4 is 34.0 Å². The zero-order valence-electron chi connectivity index (χ0n) is 11.2. The van der Waals surface area contributed by atoms with Crippen LogP contribution in [0.5, 0.6) is 0 Å². The Balaban J connectivity index is 2.49. The normalized spacial score (nSPS) is 10.4. The van der Waals surface area contributed by atoms with Crippen molar-refractivity contribution in [3.63, 3.8) is 0 Å². The molecule has 1 aromatic heterocycles. The molecular formula is C13H13IN4O3. The molecule has 0 radical (unpaired) electrons. The summed E-state index contributed by atoms with van der Waals surface area (Å²) in [7, 11) is 0. The van der Waals surface area contributed by atoms with Crippen molar-refractivity contribution in [2.75, 3.05) is 11.9 Å². The summed E-state index contributed by atoms with van der Waals surface area (Å²) >= 11 is 1.92. The minimum atomic E-state index is -0.433. The first-order chi connectivity index (χ1) is 10.0. The van der Waals surface area contributed by atoms with Crippen molar-refractivity contribution in [2.24, 2.45) is 0 Å². The number of nitro benzene ring substituents is 1. The largest absolute Gasteiger partial charge is 0.379 e. The number of rotatable bonds is 5. The van der Waals surface area contributed by atoms with Crippen LogP contribution in [0.3, 0.4) is 0 Å². The number of hydrogen-bond donors (Lipinski definition) is 1. The molecule has 110 valence electrons. The number of para-hydroxylation sites is 1. The lowest BCUT2D eigenvalue weighted by Gasteiger charge is -2.12. The maximum absolute atomic E-state index is 12.0. The molecule has 1 heterocycles. The van der Waals surface area contributed by atoms with Crippen LogP contribution in [0.1, 0.15) is 12.5 Å². The van der Waals surface area contributed by atoms with Gasteiger partial charge < -0.3 is 5.32 Å². The highest BCUT2D eigenvalue weighted by atomic mass is 127. The van der Waals surface area contributed by atoms with Crippen molar-refractivity contribution in [3.8, 4) is 0 Å². The molecule has 8 heteroatoms. The van der Waals surface area contributed by atoms with E-state index in [0.29, 0.717) is 21.4 Å². The quantitative estimate of drug-likeness (QED) is 0.473. The molecule has 0 amide bonds. The molecule has 0 fully saturated rings. The maximum Gasteiger partial charge on any atom is 0.292 e. The zero-order valence-corrected chi connectivity index (χ0v) is 13.4. The summed E-state index contributed by atoms with van der Waals surface area (Å²) in [5.74, 6) is 0. The second-order valence-electron chi connectivity index (χ2n) is 4.27. The topological polar surface area (TPSA) is 90.1 Å². The van der Waals surface area contributed by atoms with E-state index in [4.69, 9.17) is 0 Å². The summed E-state index contributed by atoms with van der Waals surface area (Å²) < 4.78 is 1.94. The number of halogens is 1. The Hall–Kier alpha value is -1.97. The third kappa shape index (κ3) is 3.38. The Labute approximate surface area is 134 Å². The number of anilines is 1. The molecule has 0 spiro atoms. The number of hydrogen-bond acceptors (Lipinski definition) is 5. The number of benzene rings is 1. The molecule has 2 rings (SSSR count). The Morgan fingerprint density at radius 2 is 2.24 bits per heavy atom. The van der Waals surface area contributed by atoms with Gasteiger partial charge in [0.25, 0.3) is 11.2 Å². The van der Waals surface area contributed by atoms with Crippen LogP contribution in [-0.4, -0.2) is 21.0 Å². The first-order valence-corrected chi connectivity index (χ1v) is 7.32. The third-order valence-electron chi connectivity index (χ3n) is 2.88. The average Bonchev–Trinajstić information content (AvgIpc) is 2.45. The molecule has 2 aromatic rings. The minimum Gasteiger partial charge on any atom is -0.379 e. The maximum atomic E-state index is 12.0. The van der Waals surface area contributed by atoms with Crippen molar-refractivity contribution in [2.45, 2.75) is 13.5 Å². The molecule has 0 bridgehead atoms. The zero-order chi connectivity index (χ0) is 15.4. The summed E-state index contributed by atoms with van der Waals surface area (Å²) in [5, 5.41) is 14.1. The van der Waals surface area contributed by atoms with E-state index in [2.05, 4.69) is 10.3 Å². The molecule has 7 nitrogen and oxygen atoms in total. The molecular weight excluding hydrogens is 387 g/mol. The Bertz CT molecular complexity index is 730. The Morgan fingerprint density at radius 3 is 2.90 bits per heavy atom. The second-order valence-corrected chi connectivity index (χ2v) is 5.44. The second kappa shape index (κ2) is 6.66. The van der Waals surface area contributed by atoms with Crippen LogP contribution in [0.15, 0.2) is 35.5 Å².